The van der Waals surface area contributed by atoms with Crippen LogP contribution >= 0.6 is 11.3 Å². The van der Waals surface area contributed by atoms with Gasteiger partial charge in [0.15, 0.2) is 0 Å². The summed E-state index contributed by atoms with van der Waals surface area (Å²) in [5.74, 6) is -14.5. The van der Waals surface area contributed by atoms with Gasteiger partial charge in [-0.2, -0.15) is 37.7 Å². The third-order valence-electron chi connectivity index (χ3n) is 8.10. The highest BCUT2D eigenvalue weighted by molar-refractivity contribution is 7.08. The van der Waals surface area contributed by atoms with Crippen LogP contribution in [0.25, 0.3) is 11.1 Å². The summed E-state index contributed by atoms with van der Waals surface area (Å²) in [6, 6.07) is 9.37. The molecule has 0 saturated heterocycles. The van der Waals surface area contributed by atoms with E-state index in [-0.39, 0.29) is 23.0 Å². The van der Waals surface area contributed by atoms with Crippen LogP contribution in [-0.2, 0) is 0 Å². The maximum atomic E-state index is 15.6. The van der Waals surface area contributed by atoms with Crippen molar-refractivity contribution in [3.8, 4) is 0 Å². The lowest BCUT2D eigenvalue weighted by Crippen LogP contribution is -2.49. The molecule has 33 heavy (non-hydrogen) atoms. The van der Waals surface area contributed by atoms with Crippen LogP contribution in [0.3, 0.4) is 0 Å². The summed E-state index contributed by atoms with van der Waals surface area (Å²) in [7, 11) is 0. The predicted octanol–water partition coefficient (Wildman–Crippen LogP) is 8.33. The monoisotopic (exact) mass is 480 g/mol. The van der Waals surface area contributed by atoms with Crippen LogP contribution in [0, 0.1) is 23.7 Å². The summed E-state index contributed by atoms with van der Waals surface area (Å²) in [4.78, 5) is 0. The summed E-state index contributed by atoms with van der Waals surface area (Å²) in [5.41, 5.74) is -1.70. The van der Waals surface area contributed by atoms with Crippen LogP contribution in [0.2, 0.25) is 0 Å². The molecular formula is C26H22F6S. The van der Waals surface area contributed by atoms with E-state index in [0.29, 0.717) is 23.0 Å². The molecule has 0 atom stereocenters. The minimum Gasteiger partial charge on any atom is -0.194 e. The minimum absolute atomic E-state index is 0.0219. The van der Waals surface area contributed by atoms with Crippen molar-refractivity contribution in [2.24, 2.45) is 23.7 Å². The predicted molar refractivity (Wildman–Crippen MR) is 116 cm³/mol. The van der Waals surface area contributed by atoms with Gasteiger partial charge in [0.1, 0.15) is 0 Å². The first-order chi connectivity index (χ1) is 15.6. The van der Waals surface area contributed by atoms with Crippen molar-refractivity contribution >= 4 is 22.5 Å². The molecule has 4 bridgehead atoms. The van der Waals surface area contributed by atoms with Crippen LogP contribution in [0.1, 0.15) is 43.2 Å². The summed E-state index contributed by atoms with van der Waals surface area (Å²) in [5, 5.41) is 2.70. The van der Waals surface area contributed by atoms with E-state index in [0.717, 1.165) is 43.4 Å². The Morgan fingerprint density at radius 2 is 1.36 bits per heavy atom. The molecule has 0 unspecified atom stereocenters. The van der Waals surface area contributed by atoms with Crippen molar-refractivity contribution in [3.05, 3.63) is 69.4 Å². The maximum absolute atomic E-state index is 15.6. The molecule has 1 aromatic carbocycles. The lowest BCUT2D eigenvalue weighted by molar-refractivity contribution is -0.258. The molecule has 1 heterocycles. The van der Waals surface area contributed by atoms with Crippen molar-refractivity contribution in [2.75, 3.05) is 0 Å². The first-order valence-electron chi connectivity index (χ1n) is 11.3. The molecule has 5 aliphatic carbocycles. The lowest BCUT2D eigenvalue weighted by atomic mass is 9.53. The molecule has 0 amide bonds. The van der Waals surface area contributed by atoms with Gasteiger partial charge in [-0.25, -0.2) is 0 Å². The highest BCUT2D eigenvalue weighted by Gasteiger charge is 2.80. The number of halogens is 6. The number of hydrogen-bond donors (Lipinski definition) is 0. The molecule has 0 radical (unpaired) electrons. The Balaban J connectivity index is 1.70. The van der Waals surface area contributed by atoms with E-state index in [1.54, 1.807) is 30.3 Å². The third-order valence-corrected chi connectivity index (χ3v) is 8.78. The van der Waals surface area contributed by atoms with Crippen molar-refractivity contribution < 1.29 is 26.3 Å². The number of benzene rings is 1. The molecule has 7 heteroatoms. The third kappa shape index (κ3) is 2.84. The van der Waals surface area contributed by atoms with Crippen LogP contribution < -0.4 is 0 Å². The molecule has 174 valence electrons. The zero-order valence-corrected chi connectivity index (χ0v) is 18.5. The maximum Gasteiger partial charge on any atom is 0.380 e. The van der Waals surface area contributed by atoms with Gasteiger partial charge in [-0.05, 0) is 89.3 Å². The van der Waals surface area contributed by atoms with Gasteiger partial charge in [-0.15, -0.1) is 0 Å². The molecule has 0 aliphatic heterocycles. The fraction of sp³-hybridized carbons (Fsp3) is 0.462. The first-order valence-corrected chi connectivity index (χ1v) is 12.3. The van der Waals surface area contributed by atoms with Gasteiger partial charge in [0.05, 0.1) is 0 Å². The quantitative estimate of drug-likeness (QED) is 0.388. The van der Waals surface area contributed by atoms with Crippen LogP contribution in [-0.4, -0.2) is 17.8 Å². The Bertz CT molecular complexity index is 1110. The second kappa shape index (κ2) is 7.00. The Morgan fingerprint density at radius 3 is 1.91 bits per heavy atom. The standard InChI is InChI=1S/C26H22F6S/c27-24(28)22(17-6-7-33-13-17)23(25(29,30)26(24,31)32)21(16-4-2-1-3-5-16)20-18-9-14-8-15(11-18)12-19(20)10-14/h1-7,13-15,18-19H,8-12H2. The molecule has 0 N–H and O–H groups in total. The van der Waals surface area contributed by atoms with Gasteiger partial charge < -0.3 is 0 Å². The molecule has 5 aliphatic rings. The lowest BCUT2D eigenvalue weighted by Gasteiger charge is -2.52. The number of alkyl halides is 6. The van der Waals surface area contributed by atoms with E-state index in [2.05, 4.69) is 0 Å². The molecule has 7 rings (SSSR count). The zero-order valence-electron chi connectivity index (χ0n) is 17.6. The van der Waals surface area contributed by atoms with Crippen molar-refractivity contribution in [1.29, 1.82) is 0 Å². The molecule has 4 fully saturated rings. The molecule has 0 spiro atoms. The topological polar surface area (TPSA) is 0 Å². The molecule has 2 aromatic rings. The molecule has 1 aromatic heterocycles. The van der Waals surface area contributed by atoms with Gasteiger partial charge in [-0.1, -0.05) is 35.9 Å². The normalized spacial score (nSPS) is 33.1. The van der Waals surface area contributed by atoms with Crippen molar-refractivity contribution in [1.82, 2.24) is 0 Å². The Kier molecular flexibility index (Phi) is 4.56. The number of rotatable bonds is 3. The van der Waals surface area contributed by atoms with E-state index in [1.165, 1.54) is 16.8 Å². The minimum atomic E-state index is -5.51. The van der Waals surface area contributed by atoms with E-state index >= 15 is 17.6 Å². The molecule has 4 saturated carbocycles. The highest BCUT2D eigenvalue weighted by atomic mass is 32.1. The summed E-state index contributed by atoms with van der Waals surface area (Å²) in [6.45, 7) is 0. The van der Waals surface area contributed by atoms with Gasteiger partial charge in [-0.3, -0.25) is 0 Å². The van der Waals surface area contributed by atoms with Crippen LogP contribution in [0.4, 0.5) is 26.3 Å². The van der Waals surface area contributed by atoms with Crippen LogP contribution in [0.15, 0.2) is 58.3 Å². The Labute approximate surface area is 192 Å². The van der Waals surface area contributed by atoms with E-state index in [9.17, 15) is 8.78 Å². The average molecular weight is 481 g/mol. The Hall–Kier alpha value is -2.02. The van der Waals surface area contributed by atoms with Crippen molar-refractivity contribution in [2.45, 2.75) is 49.9 Å². The van der Waals surface area contributed by atoms with Crippen molar-refractivity contribution in [3.63, 3.8) is 0 Å². The fourth-order valence-electron chi connectivity index (χ4n) is 7.00. The SMILES string of the molecule is FC1(F)C(C(=C2C3CC4CC(C3)CC2C4)c2ccccc2)=C(c2ccsc2)C(F)(F)C1(F)F. The Morgan fingerprint density at radius 1 is 0.758 bits per heavy atom. The smallest absolute Gasteiger partial charge is 0.194 e. The van der Waals surface area contributed by atoms with E-state index in [1.807, 2.05) is 0 Å². The molecule has 0 nitrogen and oxygen atoms in total. The summed E-state index contributed by atoms with van der Waals surface area (Å²) >= 11 is 1.02. The second-order valence-electron chi connectivity index (χ2n) is 9.99. The number of allylic oxidation sites excluding steroid dienone is 4. The largest absolute Gasteiger partial charge is 0.380 e. The molecular weight excluding hydrogens is 458 g/mol. The van der Waals surface area contributed by atoms with Gasteiger partial charge in [0.25, 0.3) is 0 Å². The first kappa shape index (κ1) is 21.5. The van der Waals surface area contributed by atoms with Crippen LogP contribution in [0.5, 0.6) is 0 Å². The van der Waals surface area contributed by atoms with E-state index < -0.39 is 28.9 Å². The van der Waals surface area contributed by atoms with Gasteiger partial charge in [0.2, 0.25) is 0 Å². The number of hydrogen-bond acceptors (Lipinski definition) is 1. The number of thiophene rings is 1. The fourth-order valence-corrected chi connectivity index (χ4v) is 7.65. The summed E-state index contributed by atoms with van der Waals surface area (Å²) in [6.07, 6.45) is 4.39. The van der Waals surface area contributed by atoms with Gasteiger partial charge in [0, 0.05) is 11.1 Å². The highest BCUT2D eigenvalue weighted by Crippen LogP contribution is 2.67. The van der Waals surface area contributed by atoms with E-state index in [4.69, 9.17) is 0 Å². The summed E-state index contributed by atoms with van der Waals surface area (Å²) < 4.78 is 91.2. The zero-order chi connectivity index (χ0) is 23.2. The average Bonchev–Trinajstić information content (AvgIpc) is 3.31. The van der Waals surface area contributed by atoms with Gasteiger partial charge >= 0.3 is 17.8 Å². The second-order valence-corrected chi connectivity index (χ2v) is 10.8.